The van der Waals surface area contributed by atoms with E-state index in [4.69, 9.17) is 4.74 Å². The molecule has 0 atom stereocenters. The zero-order chi connectivity index (χ0) is 21.6. The number of nitrogens with one attached hydrogen (secondary N) is 1. The SMILES string of the molecule is COc1ccc(-c2ccc(Br)cc2)cc1CCNC(=O)C(=O)N(C(C)C)C(C)C. The maximum absolute atomic E-state index is 12.4. The van der Waals surface area contributed by atoms with Crippen molar-refractivity contribution in [2.45, 2.75) is 46.2 Å². The lowest BCUT2D eigenvalue weighted by Crippen LogP contribution is -2.49. The minimum Gasteiger partial charge on any atom is -0.496 e. The van der Waals surface area contributed by atoms with E-state index < -0.39 is 11.8 Å². The molecule has 0 fully saturated rings. The normalized spacial score (nSPS) is 10.9. The van der Waals surface area contributed by atoms with Crippen LogP contribution in [0.4, 0.5) is 0 Å². The minimum atomic E-state index is -0.574. The predicted molar refractivity (Wildman–Crippen MR) is 120 cm³/mol. The number of halogens is 1. The number of carbonyl (C=O) groups excluding carboxylic acids is 2. The van der Waals surface area contributed by atoms with E-state index >= 15 is 0 Å². The molecule has 156 valence electrons. The summed E-state index contributed by atoms with van der Waals surface area (Å²) in [6.45, 7) is 7.98. The fourth-order valence-corrected chi connectivity index (χ4v) is 3.63. The summed E-state index contributed by atoms with van der Waals surface area (Å²) in [5.41, 5.74) is 3.15. The lowest BCUT2D eigenvalue weighted by molar-refractivity contribution is -0.148. The summed E-state index contributed by atoms with van der Waals surface area (Å²) in [6, 6.07) is 14.0. The van der Waals surface area contributed by atoms with E-state index in [2.05, 4.69) is 27.3 Å². The van der Waals surface area contributed by atoms with Gasteiger partial charge in [-0.15, -0.1) is 0 Å². The lowest BCUT2D eigenvalue weighted by atomic mass is 10.0. The van der Waals surface area contributed by atoms with Crippen molar-refractivity contribution in [3.63, 3.8) is 0 Å². The number of nitrogens with zero attached hydrogens (tertiary/aromatic N) is 1. The van der Waals surface area contributed by atoms with E-state index in [-0.39, 0.29) is 12.1 Å². The van der Waals surface area contributed by atoms with Gasteiger partial charge in [0.2, 0.25) is 0 Å². The zero-order valence-electron chi connectivity index (χ0n) is 17.7. The third-order valence-corrected chi connectivity index (χ3v) is 5.21. The summed E-state index contributed by atoms with van der Waals surface area (Å²) in [7, 11) is 1.63. The molecule has 0 aromatic heterocycles. The van der Waals surface area contributed by atoms with Gasteiger partial charge in [-0.05, 0) is 75.1 Å². The van der Waals surface area contributed by atoms with Crippen LogP contribution in [0.2, 0.25) is 0 Å². The Morgan fingerprint density at radius 3 is 2.14 bits per heavy atom. The molecule has 0 radical (unpaired) electrons. The van der Waals surface area contributed by atoms with Crippen LogP contribution >= 0.6 is 15.9 Å². The molecule has 29 heavy (non-hydrogen) atoms. The molecule has 0 spiro atoms. The van der Waals surface area contributed by atoms with Gasteiger partial charge in [-0.3, -0.25) is 9.59 Å². The van der Waals surface area contributed by atoms with Gasteiger partial charge in [-0.25, -0.2) is 0 Å². The molecule has 2 aromatic carbocycles. The van der Waals surface area contributed by atoms with Crippen molar-refractivity contribution in [3.8, 4) is 16.9 Å². The maximum Gasteiger partial charge on any atom is 0.312 e. The number of hydrogen-bond donors (Lipinski definition) is 1. The molecule has 1 N–H and O–H groups in total. The number of methoxy groups -OCH3 is 1. The Kier molecular flexibility index (Phi) is 8.26. The fourth-order valence-electron chi connectivity index (χ4n) is 3.36. The van der Waals surface area contributed by atoms with Crippen molar-refractivity contribution < 1.29 is 14.3 Å². The first-order valence-electron chi connectivity index (χ1n) is 9.78. The molecule has 0 heterocycles. The number of ether oxygens (including phenoxy) is 1. The van der Waals surface area contributed by atoms with Crippen LogP contribution in [0.15, 0.2) is 46.9 Å². The van der Waals surface area contributed by atoms with E-state index in [9.17, 15) is 9.59 Å². The molecule has 0 aliphatic carbocycles. The molecule has 5 nitrogen and oxygen atoms in total. The second kappa shape index (κ2) is 10.4. The highest BCUT2D eigenvalue weighted by Crippen LogP contribution is 2.28. The van der Waals surface area contributed by atoms with E-state index in [0.717, 1.165) is 26.9 Å². The Labute approximate surface area is 181 Å². The Balaban J connectivity index is 2.07. The topological polar surface area (TPSA) is 58.6 Å². The molecular weight excluding hydrogens is 432 g/mol. The molecule has 2 rings (SSSR count). The molecule has 0 unspecified atom stereocenters. The summed E-state index contributed by atoms with van der Waals surface area (Å²) < 4.78 is 6.49. The van der Waals surface area contributed by atoms with E-state index in [1.807, 2.05) is 64.1 Å². The molecule has 0 bridgehead atoms. The Morgan fingerprint density at radius 1 is 1.00 bits per heavy atom. The Bertz CT molecular complexity index is 840. The van der Waals surface area contributed by atoms with Crippen molar-refractivity contribution in [2.24, 2.45) is 0 Å². The first kappa shape index (κ1) is 22.9. The second-order valence-corrected chi connectivity index (χ2v) is 8.36. The van der Waals surface area contributed by atoms with Gasteiger partial charge < -0.3 is 15.0 Å². The van der Waals surface area contributed by atoms with Gasteiger partial charge in [-0.1, -0.05) is 34.1 Å². The summed E-state index contributed by atoms with van der Waals surface area (Å²) in [5, 5.41) is 2.75. The summed E-state index contributed by atoms with van der Waals surface area (Å²) >= 11 is 3.45. The van der Waals surface area contributed by atoms with E-state index in [1.165, 1.54) is 0 Å². The van der Waals surface area contributed by atoms with Crippen molar-refractivity contribution in [1.82, 2.24) is 10.2 Å². The van der Waals surface area contributed by atoms with Crippen molar-refractivity contribution >= 4 is 27.7 Å². The van der Waals surface area contributed by atoms with Crippen molar-refractivity contribution in [3.05, 3.63) is 52.5 Å². The predicted octanol–water partition coefficient (Wildman–Crippen LogP) is 4.43. The monoisotopic (exact) mass is 460 g/mol. The third-order valence-electron chi connectivity index (χ3n) is 4.68. The van der Waals surface area contributed by atoms with Crippen LogP contribution in [0.25, 0.3) is 11.1 Å². The summed E-state index contributed by atoms with van der Waals surface area (Å²) in [6.07, 6.45) is 0.565. The zero-order valence-corrected chi connectivity index (χ0v) is 19.2. The second-order valence-electron chi connectivity index (χ2n) is 7.44. The van der Waals surface area contributed by atoms with Gasteiger partial charge in [0, 0.05) is 23.1 Å². The van der Waals surface area contributed by atoms with E-state index in [0.29, 0.717) is 13.0 Å². The van der Waals surface area contributed by atoms with Gasteiger partial charge in [0.05, 0.1) is 7.11 Å². The molecular formula is C23H29BrN2O3. The number of benzene rings is 2. The highest BCUT2D eigenvalue weighted by molar-refractivity contribution is 9.10. The van der Waals surface area contributed by atoms with Crippen LogP contribution in [-0.2, 0) is 16.0 Å². The van der Waals surface area contributed by atoms with Gasteiger partial charge in [-0.2, -0.15) is 0 Å². The smallest absolute Gasteiger partial charge is 0.312 e. The van der Waals surface area contributed by atoms with Crippen LogP contribution in [0.1, 0.15) is 33.3 Å². The van der Waals surface area contributed by atoms with Crippen LogP contribution in [0, 0.1) is 0 Å². The molecule has 0 aliphatic heterocycles. The van der Waals surface area contributed by atoms with Crippen LogP contribution in [0.5, 0.6) is 5.75 Å². The van der Waals surface area contributed by atoms with E-state index in [1.54, 1.807) is 12.0 Å². The van der Waals surface area contributed by atoms with Crippen LogP contribution in [0.3, 0.4) is 0 Å². The third kappa shape index (κ3) is 6.07. The quantitative estimate of drug-likeness (QED) is 0.621. The molecule has 0 aliphatic rings. The maximum atomic E-state index is 12.4. The first-order valence-corrected chi connectivity index (χ1v) is 10.6. The highest BCUT2D eigenvalue weighted by Gasteiger charge is 2.26. The standard InChI is InChI=1S/C23H29BrN2O3/c1-15(2)26(16(3)4)23(28)22(27)25-13-12-19-14-18(8-11-21(19)29-5)17-6-9-20(24)10-7-17/h6-11,14-16H,12-13H2,1-5H3,(H,25,27). The molecule has 6 heteroatoms. The fraction of sp³-hybridized carbons (Fsp3) is 0.391. The molecule has 0 saturated heterocycles. The summed E-state index contributed by atoms with van der Waals surface area (Å²) in [4.78, 5) is 26.4. The molecule has 0 saturated carbocycles. The molecule has 2 aromatic rings. The van der Waals surface area contributed by atoms with Gasteiger partial charge in [0.25, 0.3) is 0 Å². The minimum absolute atomic E-state index is 0.0315. The van der Waals surface area contributed by atoms with Crippen molar-refractivity contribution in [2.75, 3.05) is 13.7 Å². The molecule has 2 amide bonds. The largest absolute Gasteiger partial charge is 0.496 e. The van der Waals surface area contributed by atoms with Gasteiger partial charge in [0.15, 0.2) is 0 Å². The number of carbonyl (C=O) groups is 2. The summed E-state index contributed by atoms with van der Waals surface area (Å²) in [5.74, 6) is -0.307. The van der Waals surface area contributed by atoms with Gasteiger partial charge >= 0.3 is 11.8 Å². The number of rotatable bonds is 7. The highest BCUT2D eigenvalue weighted by atomic mass is 79.9. The first-order chi connectivity index (χ1) is 13.7. The number of hydrogen-bond acceptors (Lipinski definition) is 3. The number of amides is 2. The van der Waals surface area contributed by atoms with Crippen LogP contribution < -0.4 is 10.1 Å². The lowest BCUT2D eigenvalue weighted by Gasteiger charge is -2.30. The van der Waals surface area contributed by atoms with Gasteiger partial charge in [0.1, 0.15) is 5.75 Å². The average Bonchev–Trinajstić information content (AvgIpc) is 2.67. The van der Waals surface area contributed by atoms with Crippen molar-refractivity contribution in [1.29, 1.82) is 0 Å². The Morgan fingerprint density at radius 2 is 1.59 bits per heavy atom. The average molecular weight is 461 g/mol. The Hall–Kier alpha value is -2.34. The van der Waals surface area contributed by atoms with Crippen LogP contribution in [-0.4, -0.2) is 42.5 Å².